The summed E-state index contributed by atoms with van der Waals surface area (Å²) >= 11 is 0. The number of hydrogen-bond acceptors (Lipinski definition) is 3. The molecule has 2 aliphatic rings. The molecule has 0 bridgehead atoms. The van der Waals surface area contributed by atoms with Crippen LogP contribution in [0, 0.1) is 17.6 Å². The second-order valence-corrected chi connectivity index (χ2v) is 11.1. The quantitative estimate of drug-likeness (QED) is 0.323. The number of aromatic amines is 1. The smallest absolute Gasteiger partial charge is 0.335 e. The highest BCUT2D eigenvalue weighted by Crippen LogP contribution is 2.43. The number of hydrogen-bond donors (Lipinski definition) is 2. The van der Waals surface area contributed by atoms with E-state index in [1.54, 1.807) is 13.0 Å². The molecule has 2 aliphatic heterocycles. The van der Waals surface area contributed by atoms with Crippen molar-refractivity contribution in [3.63, 3.8) is 0 Å². The number of alkyl halides is 3. The standard InChI is InChI=1S/C29H32F5N3O2/c1-16-8-21-20-5-4-19(28(38)39)12-24(20)35-26(21)27(37(16)15-29(2,33)34)25-22(31)10-17(11-23(25)32)9-18-13-36(14-18)7-3-6-30/h4-5,10-12,16,18,27,35H,3,6-9,13-15H2,1-2H3,(H,38,39)/t16-,27?/m1/s1. The number of fused-ring (bicyclic) bond motifs is 3. The van der Waals surface area contributed by atoms with E-state index in [2.05, 4.69) is 9.88 Å². The maximum absolute atomic E-state index is 15.8. The molecule has 0 amide bonds. The van der Waals surface area contributed by atoms with Crippen molar-refractivity contribution in [2.45, 2.75) is 51.1 Å². The number of carbonyl (C=O) groups is 1. The summed E-state index contributed by atoms with van der Waals surface area (Å²) in [7, 11) is 0. The van der Waals surface area contributed by atoms with Gasteiger partial charge in [0.25, 0.3) is 5.92 Å². The van der Waals surface area contributed by atoms with Gasteiger partial charge < -0.3 is 15.0 Å². The molecule has 5 rings (SSSR count). The van der Waals surface area contributed by atoms with Crippen LogP contribution in [0.4, 0.5) is 22.0 Å². The van der Waals surface area contributed by atoms with E-state index in [1.807, 2.05) is 0 Å². The van der Waals surface area contributed by atoms with Crippen LogP contribution < -0.4 is 0 Å². The third kappa shape index (κ3) is 5.54. The summed E-state index contributed by atoms with van der Waals surface area (Å²) in [5.74, 6) is -5.64. The summed E-state index contributed by atoms with van der Waals surface area (Å²) in [5.41, 5.74) is 1.83. The molecule has 210 valence electrons. The predicted octanol–water partition coefficient (Wildman–Crippen LogP) is 5.97. The molecule has 1 unspecified atom stereocenters. The molecule has 0 spiro atoms. The molecular formula is C29H32F5N3O2. The molecule has 5 nitrogen and oxygen atoms in total. The summed E-state index contributed by atoms with van der Waals surface area (Å²) in [6.45, 7) is 3.59. The number of aromatic carboxylic acids is 1. The zero-order valence-corrected chi connectivity index (χ0v) is 21.9. The van der Waals surface area contributed by atoms with E-state index < -0.39 is 42.2 Å². The van der Waals surface area contributed by atoms with Crippen molar-refractivity contribution in [2.24, 2.45) is 5.92 Å². The monoisotopic (exact) mass is 549 g/mol. The van der Waals surface area contributed by atoms with Crippen LogP contribution in [0.15, 0.2) is 30.3 Å². The van der Waals surface area contributed by atoms with E-state index in [0.717, 1.165) is 25.6 Å². The van der Waals surface area contributed by atoms with Crippen LogP contribution >= 0.6 is 0 Å². The van der Waals surface area contributed by atoms with Gasteiger partial charge in [0, 0.05) is 54.8 Å². The molecule has 2 atom stereocenters. The van der Waals surface area contributed by atoms with Crippen molar-refractivity contribution in [3.8, 4) is 0 Å². The Bertz CT molecular complexity index is 1360. The summed E-state index contributed by atoms with van der Waals surface area (Å²) in [5, 5.41) is 10.1. The van der Waals surface area contributed by atoms with E-state index in [1.165, 1.54) is 29.2 Å². The lowest BCUT2D eigenvalue weighted by Gasteiger charge is -2.42. The maximum atomic E-state index is 15.8. The lowest BCUT2D eigenvalue weighted by atomic mass is 9.86. The number of carboxylic acids is 1. The summed E-state index contributed by atoms with van der Waals surface area (Å²) in [6.07, 6.45) is 1.29. The number of benzene rings is 2. The third-order valence-corrected chi connectivity index (χ3v) is 7.89. The van der Waals surface area contributed by atoms with Gasteiger partial charge in [-0.15, -0.1) is 0 Å². The zero-order valence-electron chi connectivity index (χ0n) is 21.9. The first-order valence-corrected chi connectivity index (χ1v) is 13.2. The lowest BCUT2D eigenvalue weighted by Crippen LogP contribution is -2.48. The molecule has 3 aromatic rings. The van der Waals surface area contributed by atoms with Gasteiger partial charge in [-0.05, 0) is 67.5 Å². The largest absolute Gasteiger partial charge is 0.478 e. The average Bonchev–Trinajstić information content (AvgIpc) is 3.18. The van der Waals surface area contributed by atoms with Crippen molar-refractivity contribution < 1.29 is 31.9 Å². The highest BCUT2D eigenvalue weighted by atomic mass is 19.3. The highest BCUT2D eigenvalue weighted by Gasteiger charge is 2.42. The third-order valence-electron chi connectivity index (χ3n) is 7.89. The van der Waals surface area contributed by atoms with Gasteiger partial charge in [-0.1, -0.05) is 6.07 Å². The first-order chi connectivity index (χ1) is 18.4. The Hall–Kier alpha value is -2.98. The minimum atomic E-state index is -3.11. The zero-order chi connectivity index (χ0) is 28.1. The predicted molar refractivity (Wildman–Crippen MR) is 138 cm³/mol. The SMILES string of the molecule is C[C@@H]1Cc2c([nH]c3cc(C(=O)O)ccc23)C(c2c(F)cc(CC3CN(CCCF)C3)cc2F)N1CC(C)(F)F. The van der Waals surface area contributed by atoms with Crippen LogP contribution in [0.3, 0.4) is 0 Å². The Morgan fingerprint density at radius 2 is 1.85 bits per heavy atom. The number of H-pyrrole nitrogens is 1. The Labute approximate surface area is 223 Å². The minimum absolute atomic E-state index is 0.0450. The van der Waals surface area contributed by atoms with Crippen LogP contribution in [0.2, 0.25) is 0 Å². The van der Waals surface area contributed by atoms with Gasteiger partial charge >= 0.3 is 5.97 Å². The fraction of sp³-hybridized carbons (Fsp3) is 0.483. The number of rotatable bonds is 9. The number of aromatic nitrogens is 1. The Morgan fingerprint density at radius 1 is 1.15 bits per heavy atom. The topological polar surface area (TPSA) is 59.6 Å². The van der Waals surface area contributed by atoms with Gasteiger partial charge in [-0.2, -0.15) is 0 Å². The average molecular weight is 550 g/mol. The minimum Gasteiger partial charge on any atom is -0.478 e. The fourth-order valence-corrected chi connectivity index (χ4v) is 6.19. The van der Waals surface area contributed by atoms with E-state index in [9.17, 15) is 23.1 Å². The van der Waals surface area contributed by atoms with E-state index in [4.69, 9.17) is 0 Å². The summed E-state index contributed by atoms with van der Waals surface area (Å²) in [4.78, 5) is 18.1. The van der Waals surface area contributed by atoms with Crippen molar-refractivity contribution in [1.29, 1.82) is 0 Å². The Morgan fingerprint density at radius 3 is 2.46 bits per heavy atom. The maximum Gasteiger partial charge on any atom is 0.335 e. The van der Waals surface area contributed by atoms with E-state index in [-0.39, 0.29) is 23.7 Å². The van der Waals surface area contributed by atoms with Crippen LogP contribution in [-0.2, 0) is 12.8 Å². The first-order valence-electron chi connectivity index (χ1n) is 13.2. The molecule has 2 aromatic carbocycles. The molecule has 1 saturated heterocycles. The highest BCUT2D eigenvalue weighted by molar-refractivity contribution is 5.95. The summed E-state index contributed by atoms with van der Waals surface area (Å²) < 4.78 is 72.6. The van der Waals surface area contributed by atoms with Gasteiger partial charge in [-0.3, -0.25) is 9.29 Å². The Kier molecular flexibility index (Phi) is 7.45. The second kappa shape index (κ2) is 10.5. The van der Waals surface area contributed by atoms with Crippen LogP contribution in [0.1, 0.15) is 59.1 Å². The van der Waals surface area contributed by atoms with Crippen LogP contribution in [0.5, 0.6) is 0 Å². The van der Waals surface area contributed by atoms with Gasteiger partial charge in [0.1, 0.15) is 11.6 Å². The van der Waals surface area contributed by atoms with E-state index >= 15 is 8.78 Å². The molecule has 1 fully saturated rings. The normalized spacial score (nSPS) is 20.8. The number of nitrogens with zero attached hydrogens (tertiary/aromatic N) is 2. The molecule has 1 aromatic heterocycles. The number of nitrogens with one attached hydrogen (secondary N) is 1. The van der Waals surface area contributed by atoms with Gasteiger partial charge in [0.2, 0.25) is 0 Å². The van der Waals surface area contributed by atoms with Crippen LogP contribution in [-0.4, -0.2) is 70.7 Å². The molecule has 39 heavy (non-hydrogen) atoms. The number of carboxylic acid groups (broad SMARTS) is 1. The first kappa shape index (κ1) is 27.6. The lowest BCUT2D eigenvalue weighted by molar-refractivity contribution is -0.0374. The molecule has 0 saturated carbocycles. The number of likely N-dealkylation sites (tertiary alicyclic amines) is 1. The Balaban J connectivity index is 1.53. The molecule has 3 heterocycles. The number of halogens is 5. The summed E-state index contributed by atoms with van der Waals surface area (Å²) in [6, 6.07) is 5.51. The fourth-order valence-electron chi connectivity index (χ4n) is 6.19. The van der Waals surface area contributed by atoms with Gasteiger partial charge in [-0.25, -0.2) is 22.4 Å². The molecule has 0 radical (unpaired) electrons. The van der Waals surface area contributed by atoms with Gasteiger partial charge in [0.05, 0.1) is 24.8 Å². The second-order valence-electron chi connectivity index (χ2n) is 11.1. The van der Waals surface area contributed by atoms with Crippen molar-refractivity contribution in [2.75, 3.05) is 32.9 Å². The van der Waals surface area contributed by atoms with Crippen molar-refractivity contribution in [1.82, 2.24) is 14.8 Å². The van der Waals surface area contributed by atoms with Gasteiger partial charge in [0.15, 0.2) is 0 Å². The molecule has 2 N–H and O–H groups in total. The molecule has 10 heteroatoms. The van der Waals surface area contributed by atoms with Crippen molar-refractivity contribution >= 4 is 16.9 Å². The van der Waals surface area contributed by atoms with Crippen molar-refractivity contribution in [3.05, 3.63) is 69.9 Å². The molecule has 0 aliphatic carbocycles. The van der Waals surface area contributed by atoms with Crippen LogP contribution in [0.25, 0.3) is 10.9 Å². The van der Waals surface area contributed by atoms with E-state index in [0.29, 0.717) is 48.0 Å². The molecular weight excluding hydrogens is 517 g/mol.